The molecule has 1 aliphatic heterocycles. The van der Waals surface area contributed by atoms with Crippen LogP contribution in [0, 0.1) is 0 Å². The first-order valence-electron chi connectivity index (χ1n) is 6.50. The van der Waals surface area contributed by atoms with E-state index in [0.717, 1.165) is 31.7 Å². The quantitative estimate of drug-likeness (QED) is 0.807. The van der Waals surface area contributed by atoms with Gasteiger partial charge in [-0.25, -0.2) is 4.79 Å². The summed E-state index contributed by atoms with van der Waals surface area (Å²) in [4.78, 5) is 14.0. The number of nitrogens with one attached hydrogen (secondary N) is 1. The number of ether oxygens (including phenoxy) is 1. The van der Waals surface area contributed by atoms with Gasteiger partial charge in [0.25, 0.3) is 0 Å². The first kappa shape index (κ1) is 16.9. The topological polar surface area (TPSA) is 61.8 Å². The van der Waals surface area contributed by atoms with Crippen molar-refractivity contribution in [3.63, 3.8) is 0 Å². The van der Waals surface area contributed by atoms with E-state index in [0.29, 0.717) is 5.56 Å². The molecule has 0 radical (unpaired) electrons. The number of carbonyl (C=O) groups excluding carboxylic acids is 1. The summed E-state index contributed by atoms with van der Waals surface area (Å²) in [6.45, 7) is 3.52. The molecule has 1 atom stereocenters. The van der Waals surface area contributed by atoms with Gasteiger partial charge in [0.05, 0.1) is 25.3 Å². The number of carbonyl (C=O) groups is 1. The fourth-order valence-electron chi connectivity index (χ4n) is 2.49. The van der Waals surface area contributed by atoms with Crippen LogP contribution in [0.2, 0.25) is 0 Å². The van der Waals surface area contributed by atoms with Gasteiger partial charge in [0.2, 0.25) is 0 Å². The van der Waals surface area contributed by atoms with Crippen LogP contribution < -0.4 is 5.32 Å². The van der Waals surface area contributed by atoms with Crippen molar-refractivity contribution in [3.8, 4) is 0 Å². The number of hydrogen-bond acceptors (Lipinski definition) is 5. The zero-order valence-corrected chi connectivity index (χ0v) is 12.4. The molecule has 1 aromatic rings. The van der Waals surface area contributed by atoms with E-state index < -0.39 is 0 Å². The first-order chi connectivity index (χ1) is 9.27. The van der Waals surface area contributed by atoms with Gasteiger partial charge in [-0.05, 0) is 11.6 Å². The summed E-state index contributed by atoms with van der Waals surface area (Å²) in [5.74, 6) is -0.357. The van der Waals surface area contributed by atoms with Gasteiger partial charge in [-0.3, -0.25) is 4.90 Å². The number of benzene rings is 1. The third-order valence-corrected chi connectivity index (χ3v) is 3.49. The van der Waals surface area contributed by atoms with E-state index in [4.69, 9.17) is 4.74 Å². The van der Waals surface area contributed by atoms with Crippen LogP contribution in [-0.2, 0) is 4.74 Å². The van der Waals surface area contributed by atoms with Gasteiger partial charge in [-0.1, -0.05) is 18.2 Å². The van der Waals surface area contributed by atoms with Gasteiger partial charge in [0.15, 0.2) is 0 Å². The lowest BCUT2D eigenvalue weighted by molar-refractivity contribution is 0.0591. The number of nitrogens with zero attached hydrogens (tertiary/aromatic N) is 1. The Morgan fingerprint density at radius 1 is 1.40 bits per heavy atom. The number of halogens is 1. The highest BCUT2D eigenvalue weighted by molar-refractivity contribution is 5.91. The van der Waals surface area contributed by atoms with Crippen LogP contribution in [0.15, 0.2) is 24.3 Å². The van der Waals surface area contributed by atoms with Crippen LogP contribution in [-0.4, -0.2) is 55.9 Å². The van der Waals surface area contributed by atoms with Crippen molar-refractivity contribution in [3.05, 3.63) is 35.4 Å². The molecule has 0 bridgehead atoms. The maximum Gasteiger partial charge on any atom is 0.338 e. The number of rotatable bonds is 4. The largest absolute Gasteiger partial charge is 0.465 e. The Bertz CT molecular complexity index is 436. The molecular formula is C14H21ClN2O3. The molecule has 0 spiro atoms. The summed E-state index contributed by atoms with van der Waals surface area (Å²) < 4.78 is 4.81. The number of esters is 1. The molecule has 1 fully saturated rings. The lowest BCUT2D eigenvalue weighted by Crippen LogP contribution is -2.46. The van der Waals surface area contributed by atoms with Crippen LogP contribution in [0.1, 0.15) is 22.0 Å². The lowest BCUT2D eigenvalue weighted by Gasteiger charge is -2.34. The number of aliphatic hydroxyl groups excluding tert-OH is 1. The highest BCUT2D eigenvalue weighted by Gasteiger charge is 2.25. The van der Waals surface area contributed by atoms with E-state index in [-0.39, 0.29) is 31.0 Å². The zero-order chi connectivity index (χ0) is 13.7. The highest BCUT2D eigenvalue weighted by atomic mass is 35.5. The Morgan fingerprint density at radius 2 is 2.05 bits per heavy atom. The van der Waals surface area contributed by atoms with Crippen LogP contribution in [0.3, 0.4) is 0 Å². The van der Waals surface area contributed by atoms with E-state index in [2.05, 4.69) is 10.2 Å². The molecule has 1 saturated heterocycles. The minimum Gasteiger partial charge on any atom is -0.465 e. The molecule has 5 nitrogen and oxygen atoms in total. The van der Waals surface area contributed by atoms with E-state index in [1.165, 1.54) is 7.11 Å². The fourth-order valence-corrected chi connectivity index (χ4v) is 2.49. The first-order valence-corrected chi connectivity index (χ1v) is 6.50. The standard InChI is InChI=1S/C14H20N2O3.ClH/c1-19-14(18)12-5-3-2-4-11(12)13(10-17)16-8-6-15-7-9-16;/h2-5,13,15,17H,6-10H2,1H3;1H/t13-;/m0./s1. The molecule has 0 unspecified atom stereocenters. The Morgan fingerprint density at radius 3 is 2.65 bits per heavy atom. The fraction of sp³-hybridized carbons (Fsp3) is 0.500. The van der Waals surface area contributed by atoms with Gasteiger partial charge >= 0.3 is 5.97 Å². The second kappa shape index (κ2) is 8.21. The van der Waals surface area contributed by atoms with Crippen molar-refractivity contribution in [2.24, 2.45) is 0 Å². The summed E-state index contributed by atoms with van der Waals surface area (Å²) in [5.41, 5.74) is 1.36. The van der Waals surface area contributed by atoms with E-state index >= 15 is 0 Å². The van der Waals surface area contributed by atoms with Crippen LogP contribution in [0.25, 0.3) is 0 Å². The molecule has 0 amide bonds. The molecule has 20 heavy (non-hydrogen) atoms. The van der Waals surface area contributed by atoms with Crippen molar-refractivity contribution < 1.29 is 14.6 Å². The van der Waals surface area contributed by atoms with E-state index in [1.54, 1.807) is 6.07 Å². The van der Waals surface area contributed by atoms with E-state index in [1.807, 2.05) is 18.2 Å². The van der Waals surface area contributed by atoms with Gasteiger partial charge < -0.3 is 15.2 Å². The molecule has 0 aliphatic carbocycles. The van der Waals surface area contributed by atoms with Crippen molar-refractivity contribution in [1.82, 2.24) is 10.2 Å². The summed E-state index contributed by atoms with van der Waals surface area (Å²) in [5, 5.41) is 13.0. The van der Waals surface area contributed by atoms with E-state index in [9.17, 15) is 9.90 Å². The maximum atomic E-state index is 11.8. The Balaban J connectivity index is 0.00000200. The summed E-state index contributed by atoms with van der Waals surface area (Å²) in [6.07, 6.45) is 0. The Kier molecular flexibility index (Phi) is 6.95. The molecule has 2 N–H and O–H groups in total. The molecule has 0 saturated carbocycles. The minimum absolute atomic E-state index is 0. The number of methoxy groups -OCH3 is 1. The zero-order valence-electron chi connectivity index (χ0n) is 11.5. The number of piperazine rings is 1. The summed E-state index contributed by atoms with van der Waals surface area (Å²) in [7, 11) is 1.37. The molecule has 1 aliphatic rings. The maximum absolute atomic E-state index is 11.8. The van der Waals surface area contributed by atoms with Crippen molar-refractivity contribution in [1.29, 1.82) is 0 Å². The average Bonchev–Trinajstić information content (AvgIpc) is 2.49. The number of hydrogen-bond donors (Lipinski definition) is 2. The molecule has 0 aromatic heterocycles. The second-order valence-corrected chi connectivity index (χ2v) is 4.56. The van der Waals surface area contributed by atoms with Crippen molar-refractivity contribution in [2.75, 3.05) is 39.9 Å². The third kappa shape index (κ3) is 3.70. The molecular weight excluding hydrogens is 280 g/mol. The predicted octanol–water partition coefficient (Wildman–Crippen LogP) is 0.834. The monoisotopic (exact) mass is 300 g/mol. The SMILES string of the molecule is COC(=O)c1ccccc1[C@H](CO)N1CCNCC1.Cl. The van der Waals surface area contributed by atoms with Gasteiger partial charge in [-0.15, -0.1) is 12.4 Å². The van der Waals surface area contributed by atoms with Crippen LogP contribution >= 0.6 is 12.4 Å². The average molecular weight is 301 g/mol. The minimum atomic E-state index is -0.357. The van der Waals surface area contributed by atoms with Crippen LogP contribution in [0.4, 0.5) is 0 Å². The highest BCUT2D eigenvalue weighted by Crippen LogP contribution is 2.24. The normalized spacial score (nSPS) is 17.1. The summed E-state index contributed by atoms with van der Waals surface area (Å²) >= 11 is 0. The molecule has 6 heteroatoms. The molecule has 1 heterocycles. The Hall–Kier alpha value is -1.14. The lowest BCUT2D eigenvalue weighted by atomic mass is 9.99. The Labute approximate surface area is 125 Å². The van der Waals surface area contributed by atoms with Crippen molar-refractivity contribution >= 4 is 18.4 Å². The second-order valence-electron chi connectivity index (χ2n) is 4.56. The summed E-state index contributed by atoms with van der Waals surface area (Å²) in [6, 6.07) is 7.16. The van der Waals surface area contributed by atoms with Crippen molar-refractivity contribution in [2.45, 2.75) is 6.04 Å². The van der Waals surface area contributed by atoms with Gasteiger partial charge in [0, 0.05) is 26.2 Å². The molecule has 2 rings (SSSR count). The molecule has 112 valence electrons. The third-order valence-electron chi connectivity index (χ3n) is 3.49. The van der Waals surface area contributed by atoms with Gasteiger partial charge in [-0.2, -0.15) is 0 Å². The van der Waals surface area contributed by atoms with Crippen LogP contribution in [0.5, 0.6) is 0 Å². The number of aliphatic hydroxyl groups is 1. The molecule has 1 aromatic carbocycles. The van der Waals surface area contributed by atoms with Gasteiger partial charge in [0.1, 0.15) is 0 Å². The predicted molar refractivity (Wildman–Crippen MR) is 79.3 cm³/mol. The smallest absolute Gasteiger partial charge is 0.338 e.